The summed E-state index contributed by atoms with van der Waals surface area (Å²) in [4.78, 5) is 16.5. The van der Waals surface area contributed by atoms with Crippen LogP contribution in [-0.4, -0.2) is 45.5 Å². The van der Waals surface area contributed by atoms with Gasteiger partial charge in [0.05, 0.1) is 11.2 Å². The SMILES string of the molecule is CC1(C)OB(C=CCCC[C@@H]2C[C@H]2OC(=O)On2c(O)ccc2O)OC1(C)C. The molecule has 28 heavy (non-hydrogen) atoms. The highest BCUT2D eigenvalue weighted by atomic mass is 16.8. The fourth-order valence-electron chi connectivity index (χ4n) is 3.06. The molecule has 1 aliphatic carbocycles. The number of hydrogen-bond acceptors (Lipinski definition) is 7. The summed E-state index contributed by atoms with van der Waals surface area (Å²) in [6.45, 7) is 8.10. The molecule has 0 spiro atoms. The van der Waals surface area contributed by atoms with Crippen LogP contribution >= 0.6 is 0 Å². The van der Waals surface area contributed by atoms with E-state index in [1.165, 1.54) is 12.1 Å². The first-order valence-corrected chi connectivity index (χ1v) is 9.60. The van der Waals surface area contributed by atoms with Crippen LogP contribution in [0.3, 0.4) is 0 Å². The number of allylic oxidation sites excluding steroid dienone is 1. The van der Waals surface area contributed by atoms with E-state index in [0.29, 0.717) is 10.6 Å². The van der Waals surface area contributed by atoms with Crippen molar-refractivity contribution in [3.05, 3.63) is 24.2 Å². The fourth-order valence-corrected chi connectivity index (χ4v) is 3.06. The van der Waals surface area contributed by atoms with E-state index < -0.39 is 6.16 Å². The molecule has 1 aromatic rings. The van der Waals surface area contributed by atoms with Crippen LogP contribution in [0.15, 0.2) is 24.2 Å². The van der Waals surface area contributed by atoms with Crippen molar-refractivity contribution >= 4 is 13.3 Å². The lowest BCUT2D eigenvalue weighted by atomic mass is 9.89. The van der Waals surface area contributed by atoms with E-state index >= 15 is 0 Å². The van der Waals surface area contributed by atoms with E-state index in [-0.39, 0.29) is 36.2 Å². The van der Waals surface area contributed by atoms with Crippen LogP contribution in [0.5, 0.6) is 11.8 Å². The largest absolute Gasteiger partial charge is 0.534 e. The minimum atomic E-state index is -0.949. The molecule has 3 rings (SSSR count). The summed E-state index contributed by atoms with van der Waals surface area (Å²) in [5.74, 6) is 1.50. The minimum absolute atomic E-state index is 0.181. The summed E-state index contributed by atoms with van der Waals surface area (Å²) < 4.78 is 17.6. The number of ether oxygens (including phenoxy) is 1. The average molecular weight is 393 g/mol. The molecule has 2 heterocycles. The summed E-state index contributed by atoms with van der Waals surface area (Å²) in [7, 11) is -0.321. The van der Waals surface area contributed by atoms with Gasteiger partial charge in [-0.3, -0.25) is 4.84 Å². The van der Waals surface area contributed by atoms with Crippen molar-refractivity contribution in [2.24, 2.45) is 5.92 Å². The first kappa shape index (κ1) is 20.6. The summed E-state index contributed by atoms with van der Waals surface area (Å²) in [6, 6.07) is 2.42. The van der Waals surface area contributed by atoms with Crippen LogP contribution in [0.4, 0.5) is 4.79 Å². The summed E-state index contributed by atoms with van der Waals surface area (Å²) in [6.07, 6.45) is 4.52. The number of nitrogens with zero attached hydrogens (tertiary/aromatic N) is 1. The number of rotatable bonds is 7. The van der Waals surface area contributed by atoms with Crippen molar-refractivity contribution in [3.63, 3.8) is 0 Å². The molecule has 2 aliphatic rings. The smallest absolute Gasteiger partial charge is 0.492 e. The first-order valence-electron chi connectivity index (χ1n) is 9.60. The first-order chi connectivity index (χ1) is 13.1. The maximum Gasteiger partial charge on any atom is 0.534 e. The predicted molar refractivity (Wildman–Crippen MR) is 102 cm³/mol. The highest BCUT2D eigenvalue weighted by Gasteiger charge is 2.50. The van der Waals surface area contributed by atoms with Gasteiger partial charge in [-0.25, -0.2) is 4.79 Å². The number of carbonyl (C=O) groups excluding carboxylic acids is 1. The molecule has 0 aromatic carbocycles. The van der Waals surface area contributed by atoms with Crippen molar-refractivity contribution in [1.29, 1.82) is 0 Å². The second-order valence-electron chi connectivity index (χ2n) is 8.32. The monoisotopic (exact) mass is 393 g/mol. The summed E-state index contributed by atoms with van der Waals surface area (Å²) >= 11 is 0. The molecular formula is C19H28BNO7. The Labute approximate surface area is 165 Å². The third-order valence-electron chi connectivity index (χ3n) is 5.58. The van der Waals surface area contributed by atoms with Gasteiger partial charge in [0.2, 0.25) is 11.8 Å². The average Bonchev–Trinajstić information content (AvgIpc) is 3.19. The molecule has 1 aliphatic heterocycles. The normalized spacial score (nSPS) is 25.2. The van der Waals surface area contributed by atoms with Gasteiger partial charge >= 0.3 is 13.3 Å². The highest BCUT2D eigenvalue weighted by molar-refractivity contribution is 6.51. The van der Waals surface area contributed by atoms with Crippen molar-refractivity contribution in [2.75, 3.05) is 0 Å². The molecule has 0 bridgehead atoms. The molecule has 0 unspecified atom stereocenters. The molecule has 9 heteroatoms. The highest BCUT2D eigenvalue weighted by Crippen LogP contribution is 2.39. The lowest BCUT2D eigenvalue weighted by molar-refractivity contribution is 0.00578. The zero-order valence-electron chi connectivity index (χ0n) is 16.8. The summed E-state index contributed by atoms with van der Waals surface area (Å²) in [5, 5.41) is 18.9. The number of aromatic nitrogens is 1. The van der Waals surface area contributed by atoms with Gasteiger partial charge < -0.3 is 24.3 Å². The van der Waals surface area contributed by atoms with Crippen LogP contribution in [0, 0.1) is 5.92 Å². The molecule has 0 amide bonds. The molecule has 2 atom stereocenters. The van der Waals surface area contributed by atoms with Gasteiger partial charge in [0, 0.05) is 12.1 Å². The van der Waals surface area contributed by atoms with Gasteiger partial charge in [0.25, 0.3) is 0 Å². The Balaban J connectivity index is 1.31. The lowest BCUT2D eigenvalue weighted by Crippen LogP contribution is -2.41. The summed E-state index contributed by atoms with van der Waals surface area (Å²) in [5.41, 5.74) is -0.660. The number of hydrogen-bond donors (Lipinski definition) is 2. The Kier molecular flexibility index (Phi) is 5.68. The van der Waals surface area contributed by atoms with Crippen LogP contribution in [0.2, 0.25) is 0 Å². The van der Waals surface area contributed by atoms with Crippen molar-refractivity contribution < 1.29 is 33.9 Å². The Bertz CT molecular complexity index is 707. The Morgan fingerprint density at radius 1 is 1.25 bits per heavy atom. The molecule has 1 aromatic heterocycles. The predicted octanol–water partition coefficient (Wildman–Crippen LogP) is 3.21. The zero-order chi connectivity index (χ0) is 20.5. The molecule has 154 valence electrons. The van der Waals surface area contributed by atoms with Crippen LogP contribution < -0.4 is 4.84 Å². The van der Waals surface area contributed by atoms with E-state index in [2.05, 4.69) is 6.08 Å². The number of carbonyl (C=O) groups is 1. The maximum absolute atomic E-state index is 11.7. The zero-order valence-corrected chi connectivity index (χ0v) is 16.8. The van der Waals surface area contributed by atoms with Crippen LogP contribution in [0.1, 0.15) is 53.4 Å². The third-order valence-corrected chi connectivity index (χ3v) is 5.58. The Morgan fingerprint density at radius 3 is 2.46 bits per heavy atom. The second kappa shape index (κ2) is 7.71. The fraction of sp³-hybridized carbons (Fsp3) is 0.632. The van der Waals surface area contributed by atoms with E-state index in [1.807, 2.05) is 33.7 Å². The molecule has 2 fully saturated rings. The van der Waals surface area contributed by atoms with E-state index in [1.54, 1.807) is 0 Å². The second-order valence-corrected chi connectivity index (χ2v) is 8.32. The molecule has 8 nitrogen and oxygen atoms in total. The van der Waals surface area contributed by atoms with Crippen LogP contribution in [-0.2, 0) is 14.0 Å². The quantitative estimate of drug-likeness (QED) is 0.417. The van der Waals surface area contributed by atoms with Crippen molar-refractivity contribution in [3.8, 4) is 11.8 Å². The van der Waals surface area contributed by atoms with Gasteiger partial charge in [-0.05, 0) is 59.3 Å². The minimum Gasteiger partial charge on any atom is -0.492 e. The van der Waals surface area contributed by atoms with Gasteiger partial charge in [0.15, 0.2) is 0 Å². The van der Waals surface area contributed by atoms with E-state index in [9.17, 15) is 15.0 Å². The lowest BCUT2D eigenvalue weighted by Gasteiger charge is -2.32. The van der Waals surface area contributed by atoms with Crippen molar-refractivity contribution in [1.82, 2.24) is 4.73 Å². The van der Waals surface area contributed by atoms with Gasteiger partial charge in [-0.1, -0.05) is 12.1 Å². The van der Waals surface area contributed by atoms with Gasteiger partial charge in [0.1, 0.15) is 6.10 Å². The third kappa shape index (κ3) is 4.64. The van der Waals surface area contributed by atoms with Crippen LogP contribution in [0.25, 0.3) is 0 Å². The Morgan fingerprint density at radius 2 is 1.86 bits per heavy atom. The topological polar surface area (TPSA) is 99.4 Å². The molecule has 2 N–H and O–H groups in total. The number of aromatic hydroxyl groups is 2. The standard InChI is InChI=1S/C19H28BNO7/c1-18(2)19(3,4)28-20(27-18)11-7-5-6-8-13-12-14(13)25-17(24)26-21-15(22)9-10-16(21)23/h7,9-11,13-14,22-23H,5-6,8,12H2,1-4H3/t13-,14-/m1/s1. The van der Waals surface area contributed by atoms with E-state index in [4.69, 9.17) is 18.9 Å². The molecular weight excluding hydrogens is 365 g/mol. The molecule has 1 saturated carbocycles. The maximum atomic E-state index is 11.7. The van der Waals surface area contributed by atoms with Crippen molar-refractivity contribution in [2.45, 2.75) is 70.7 Å². The number of unbranched alkanes of at least 4 members (excludes halogenated alkanes) is 1. The molecule has 1 saturated heterocycles. The van der Waals surface area contributed by atoms with E-state index in [0.717, 1.165) is 25.7 Å². The molecule has 0 radical (unpaired) electrons. The van der Waals surface area contributed by atoms with Gasteiger partial charge in [-0.15, -0.1) is 4.73 Å². The van der Waals surface area contributed by atoms with Gasteiger partial charge in [-0.2, -0.15) is 0 Å². The Hall–Kier alpha value is -2.13.